The van der Waals surface area contributed by atoms with Gasteiger partial charge in [-0.15, -0.1) is 0 Å². The van der Waals surface area contributed by atoms with E-state index in [2.05, 4.69) is 28.2 Å². The second-order valence-electron chi connectivity index (χ2n) is 7.27. The van der Waals surface area contributed by atoms with Crippen LogP contribution < -0.4 is 10.6 Å². The fraction of sp³-hybridized carbons (Fsp3) is 0.261. The zero-order chi connectivity index (χ0) is 22.2. The minimum atomic E-state index is -1.17. The number of para-hydroxylation sites is 1. The molecule has 0 aliphatic carbocycles. The third kappa shape index (κ3) is 6.36. The first-order valence-corrected chi connectivity index (χ1v) is 10.5. The van der Waals surface area contributed by atoms with Gasteiger partial charge in [-0.2, -0.15) is 12.6 Å². The molecular weight excluding hydrogens is 414 g/mol. The maximum atomic E-state index is 12.6. The first-order valence-electron chi connectivity index (χ1n) is 10.0. The number of rotatable bonds is 10. The summed E-state index contributed by atoms with van der Waals surface area (Å²) in [5.74, 6) is -2.18. The van der Waals surface area contributed by atoms with E-state index in [-0.39, 0.29) is 0 Å². The molecule has 3 aromatic rings. The van der Waals surface area contributed by atoms with Crippen LogP contribution in [0.5, 0.6) is 0 Å². The van der Waals surface area contributed by atoms with Gasteiger partial charge in [-0.1, -0.05) is 48.5 Å². The van der Waals surface area contributed by atoms with Crippen LogP contribution in [0.3, 0.4) is 0 Å². The van der Waals surface area contributed by atoms with E-state index in [1.54, 1.807) is 0 Å². The van der Waals surface area contributed by atoms with E-state index in [0.29, 0.717) is 19.4 Å². The molecule has 0 fully saturated rings. The lowest BCUT2D eigenvalue weighted by Gasteiger charge is -2.19. The Morgan fingerprint density at radius 3 is 2.45 bits per heavy atom. The molecular formula is C23H25N3O4S. The molecule has 2 atom stereocenters. The Kier molecular flexibility index (Phi) is 7.72. The average molecular weight is 440 g/mol. The van der Waals surface area contributed by atoms with Crippen LogP contribution in [0.1, 0.15) is 17.5 Å². The number of carbonyl (C=O) groups excluding carboxylic acids is 2. The number of fused-ring (bicyclic) bond motifs is 1. The van der Waals surface area contributed by atoms with Gasteiger partial charge in [0.1, 0.15) is 6.04 Å². The van der Waals surface area contributed by atoms with E-state index in [9.17, 15) is 14.4 Å². The van der Waals surface area contributed by atoms with Crippen LogP contribution in [0.4, 0.5) is 0 Å². The molecule has 4 N–H and O–H groups in total. The quantitative estimate of drug-likeness (QED) is 0.312. The zero-order valence-corrected chi connectivity index (χ0v) is 17.8. The van der Waals surface area contributed by atoms with Gasteiger partial charge in [0.25, 0.3) is 0 Å². The summed E-state index contributed by atoms with van der Waals surface area (Å²) >= 11 is 4.32. The summed E-state index contributed by atoms with van der Waals surface area (Å²) in [4.78, 5) is 39.4. The number of carboxylic acid groups (broad SMARTS) is 1. The molecule has 0 saturated carbocycles. The third-order valence-electron chi connectivity index (χ3n) is 4.95. The standard InChI is InChI=1S/C23H25N3O4S/c27-21(28)13-19(26-23(30)20(31)12-15-6-2-1-3-7-15)22(29)24-11-10-16-14-25-18-9-5-4-8-17(16)18/h1-9,14,19-20,25,31H,10-13H2,(H,24,29)(H,26,30)(H,27,28)/t19-,20-/m0/s1. The number of hydrogen-bond acceptors (Lipinski definition) is 4. The summed E-state index contributed by atoms with van der Waals surface area (Å²) in [6.07, 6.45) is 2.34. The van der Waals surface area contributed by atoms with E-state index >= 15 is 0 Å². The number of amides is 2. The number of H-pyrrole nitrogens is 1. The molecule has 3 rings (SSSR count). The predicted octanol–water partition coefficient (Wildman–Crippen LogP) is 2.33. The van der Waals surface area contributed by atoms with Gasteiger partial charge in [0.2, 0.25) is 11.8 Å². The minimum absolute atomic E-state index is 0.320. The molecule has 2 amide bonds. The number of nitrogens with one attached hydrogen (secondary N) is 3. The van der Waals surface area contributed by atoms with Gasteiger partial charge in [-0.3, -0.25) is 14.4 Å². The van der Waals surface area contributed by atoms with Crippen molar-refractivity contribution >= 4 is 41.3 Å². The number of benzene rings is 2. The van der Waals surface area contributed by atoms with Gasteiger partial charge in [0.05, 0.1) is 11.7 Å². The summed E-state index contributed by atoms with van der Waals surface area (Å²) in [6.45, 7) is 0.320. The van der Waals surface area contributed by atoms with Gasteiger partial charge in [0, 0.05) is 23.6 Å². The lowest BCUT2D eigenvalue weighted by atomic mass is 10.1. The molecule has 2 aromatic carbocycles. The highest BCUT2D eigenvalue weighted by Crippen LogP contribution is 2.17. The Balaban J connectivity index is 1.55. The number of aliphatic carboxylic acids is 1. The van der Waals surface area contributed by atoms with Crippen molar-refractivity contribution in [3.8, 4) is 0 Å². The minimum Gasteiger partial charge on any atom is -0.481 e. The van der Waals surface area contributed by atoms with E-state index in [1.165, 1.54) is 0 Å². The van der Waals surface area contributed by atoms with E-state index < -0.39 is 35.5 Å². The molecule has 31 heavy (non-hydrogen) atoms. The first kappa shape index (κ1) is 22.4. The number of hydrogen-bond donors (Lipinski definition) is 5. The Morgan fingerprint density at radius 1 is 1.00 bits per heavy atom. The van der Waals surface area contributed by atoms with Crippen LogP contribution in [0, 0.1) is 0 Å². The van der Waals surface area contributed by atoms with Crippen LogP contribution in [0.15, 0.2) is 60.8 Å². The topological polar surface area (TPSA) is 111 Å². The van der Waals surface area contributed by atoms with Crippen LogP contribution in [-0.4, -0.2) is 45.7 Å². The second-order valence-corrected chi connectivity index (χ2v) is 7.89. The molecule has 0 radical (unpaired) electrons. The maximum Gasteiger partial charge on any atom is 0.305 e. The van der Waals surface area contributed by atoms with Crippen molar-refractivity contribution in [2.45, 2.75) is 30.6 Å². The molecule has 0 unspecified atom stereocenters. The van der Waals surface area contributed by atoms with Crippen LogP contribution in [-0.2, 0) is 27.2 Å². The average Bonchev–Trinajstić information content (AvgIpc) is 3.16. The van der Waals surface area contributed by atoms with Crippen LogP contribution >= 0.6 is 12.6 Å². The molecule has 162 valence electrons. The van der Waals surface area contributed by atoms with Gasteiger partial charge in [0.15, 0.2) is 0 Å². The monoisotopic (exact) mass is 439 g/mol. The van der Waals surface area contributed by atoms with Crippen LogP contribution in [0.25, 0.3) is 10.9 Å². The summed E-state index contributed by atoms with van der Waals surface area (Å²) in [5.41, 5.74) is 2.99. The molecule has 7 nitrogen and oxygen atoms in total. The number of aromatic amines is 1. The second kappa shape index (κ2) is 10.7. The molecule has 8 heteroatoms. The number of carboxylic acids is 1. The van der Waals surface area contributed by atoms with Crippen LogP contribution in [0.2, 0.25) is 0 Å². The van der Waals surface area contributed by atoms with Crippen molar-refractivity contribution in [1.29, 1.82) is 0 Å². The smallest absolute Gasteiger partial charge is 0.305 e. The summed E-state index contributed by atoms with van der Waals surface area (Å²) in [5, 5.41) is 14.8. The number of thiol groups is 1. The molecule has 1 aromatic heterocycles. The predicted molar refractivity (Wildman–Crippen MR) is 122 cm³/mol. The van der Waals surface area contributed by atoms with E-state index in [4.69, 9.17) is 5.11 Å². The lowest BCUT2D eigenvalue weighted by Crippen LogP contribution is -2.50. The van der Waals surface area contributed by atoms with Crippen molar-refractivity contribution in [2.24, 2.45) is 0 Å². The molecule has 0 bridgehead atoms. The SMILES string of the molecule is O=C(O)C[C@H](NC(=O)[C@@H](S)Cc1ccccc1)C(=O)NCCc1c[nH]c2ccccc12. The lowest BCUT2D eigenvalue weighted by molar-refractivity contribution is -0.140. The molecule has 0 spiro atoms. The highest BCUT2D eigenvalue weighted by atomic mass is 32.1. The van der Waals surface area contributed by atoms with Crippen molar-refractivity contribution in [2.75, 3.05) is 6.54 Å². The molecule has 1 heterocycles. The summed E-state index contributed by atoms with van der Waals surface area (Å²) in [7, 11) is 0. The largest absolute Gasteiger partial charge is 0.481 e. The molecule has 0 aliphatic rings. The fourth-order valence-electron chi connectivity index (χ4n) is 3.36. The molecule has 0 aliphatic heterocycles. The van der Waals surface area contributed by atoms with Crippen molar-refractivity contribution in [3.63, 3.8) is 0 Å². The number of carbonyl (C=O) groups is 3. The van der Waals surface area contributed by atoms with E-state index in [1.807, 2.05) is 60.8 Å². The van der Waals surface area contributed by atoms with Gasteiger partial charge in [-0.25, -0.2) is 0 Å². The highest BCUT2D eigenvalue weighted by molar-refractivity contribution is 7.81. The Bertz CT molecular complexity index is 1050. The first-order chi connectivity index (χ1) is 14.9. The third-order valence-corrected chi connectivity index (χ3v) is 5.37. The summed E-state index contributed by atoms with van der Waals surface area (Å²) < 4.78 is 0. The van der Waals surface area contributed by atoms with E-state index in [0.717, 1.165) is 22.0 Å². The Morgan fingerprint density at radius 2 is 1.71 bits per heavy atom. The molecule has 0 saturated heterocycles. The summed E-state index contributed by atoms with van der Waals surface area (Å²) in [6, 6.07) is 16.0. The van der Waals surface area contributed by atoms with Gasteiger partial charge >= 0.3 is 5.97 Å². The van der Waals surface area contributed by atoms with Crippen molar-refractivity contribution < 1.29 is 19.5 Å². The van der Waals surface area contributed by atoms with Crippen molar-refractivity contribution in [3.05, 3.63) is 71.9 Å². The maximum absolute atomic E-state index is 12.6. The normalized spacial score (nSPS) is 12.8. The van der Waals surface area contributed by atoms with Gasteiger partial charge < -0.3 is 20.7 Å². The van der Waals surface area contributed by atoms with Gasteiger partial charge in [-0.05, 0) is 30.0 Å². The van der Waals surface area contributed by atoms with Crippen molar-refractivity contribution in [1.82, 2.24) is 15.6 Å². The highest BCUT2D eigenvalue weighted by Gasteiger charge is 2.26. The fourth-order valence-corrected chi connectivity index (χ4v) is 3.65. The number of aromatic nitrogens is 1. The Hall–Kier alpha value is -3.26. The zero-order valence-electron chi connectivity index (χ0n) is 16.9. The Labute approximate surface area is 185 Å².